The Balaban J connectivity index is 1.82. The molecule has 3 N–H and O–H groups in total. The lowest BCUT2D eigenvalue weighted by atomic mass is 9.85. The van der Waals surface area contributed by atoms with E-state index in [0.29, 0.717) is 13.2 Å². The average molecular weight is 294 g/mol. The Bertz CT molecular complexity index is 759. The van der Waals surface area contributed by atoms with Crippen LogP contribution in [0.25, 0.3) is 10.9 Å². The lowest BCUT2D eigenvalue weighted by Crippen LogP contribution is -2.27. The van der Waals surface area contributed by atoms with E-state index in [1.807, 2.05) is 30.3 Å². The van der Waals surface area contributed by atoms with Gasteiger partial charge in [0.05, 0.1) is 0 Å². The summed E-state index contributed by atoms with van der Waals surface area (Å²) in [4.78, 5) is 3.33. The molecule has 0 bridgehead atoms. The topological polar surface area (TPSA) is 51.0 Å². The number of fused-ring (bicyclic) bond motifs is 1. The van der Waals surface area contributed by atoms with Crippen molar-refractivity contribution in [2.75, 3.05) is 6.54 Å². The predicted molar refractivity (Wildman–Crippen MR) is 91.2 cm³/mol. The molecular weight excluding hydrogens is 272 g/mol. The van der Waals surface area contributed by atoms with Crippen LogP contribution in [0.1, 0.15) is 25.0 Å². The van der Waals surface area contributed by atoms with Gasteiger partial charge in [-0.1, -0.05) is 44.2 Å². The predicted octanol–water partition coefficient (Wildman–Crippen LogP) is 3.98. The number of hydrogen-bond acceptors (Lipinski definition) is 2. The number of benzene rings is 2. The second-order valence-corrected chi connectivity index (χ2v) is 6.27. The van der Waals surface area contributed by atoms with Gasteiger partial charge in [-0.2, -0.15) is 0 Å². The zero-order chi connectivity index (χ0) is 15.6. The smallest absolute Gasteiger partial charge is 0.121 e. The number of rotatable bonds is 5. The van der Waals surface area contributed by atoms with Gasteiger partial charge in [-0.3, -0.25) is 0 Å². The van der Waals surface area contributed by atoms with Crippen LogP contribution in [0.2, 0.25) is 0 Å². The Morgan fingerprint density at radius 3 is 2.59 bits per heavy atom. The van der Waals surface area contributed by atoms with Crippen molar-refractivity contribution in [1.29, 1.82) is 0 Å². The highest BCUT2D eigenvalue weighted by Gasteiger charge is 2.22. The van der Waals surface area contributed by atoms with Crippen LogP contribution in [0.3, 0.4) is 0 Å². The van der Waals surface area contributed by atoms with Crippen molar-refractivity contribution in [3.63, 3.8) is 0 Å². The van der Waals surface area contributed by atoms with E-state index in [1.165, 1.54) is 16.5 Å². The maximum atomic E-state index is 5.89. The molecule has 0 radical (unpaired) electrons. The molecule has 22 heavy (non-hydrogen) atoms. The minimum absolute atomic E-state index is 0.0370. The summed E-state index contributed by atoms with van der Waals surface area (Å²) in [5, 5.41) is 1.21. The molecule has 1 aromatic heterocycles. The first kappa shape index (κ1) is 14.7. The number of ether oxygens (including phenoxy) is 1. The first-order chi connectivity index (χ1) is 10.6. The SMILES string of the molecule is CC(C)(CN)c1c[nH]c2cc(OCc3ccccc3)ccc12. The number of nitrogens with two attached hydrogens (primary N) is 1. The van der Waals surface area contributed by atoms with Crippen molar-refractivity contribution < 1.29 is 4.74 Å². The number of H-pyrrole nitrogens is 1. The molecule has 0 atom stereocenters. The van der Waals surface area contributed by atoms with Crippen LogP contribution in [-0.2, 0) is 12.0 Å². The molecule has 3 rings (SSSR count). The normalized spacial score (nSPS) is 11.8. The molecule has 3 heteroatoms. The summed E-state index contributed by atoms with van der Waals surface area (Å²) in [6.07, 6.45) is 2.05. The molecule has 0 spiro atoms. The third kappa shape index (κ3) is 2.85. The Labute approximate surface area is 131 Å². The van der Waals surface area contributed by atoms with E-state index in [0.717, 1.165) is 11.3 Å². The van der Waals surface area contributed by atoms with Gasteiger partial charge in [-0.15, -0.1) is 0 Å². The Hall–Kier alpha value is -2.26. The highest BCUT2D eigenvalue weighted by Crippen LogP contribution is 2.31. The molecule has 0 unspecified atom stereocenters. The fourth-order valence-corrected chi connectivity index (χ4v) is 2.61. The van der Waals surface area contributed by atoms with E-state index >= 15 is 0 Å². The van der Waals surface area contributed by atoms with Crippen LogP contribution in [0.5, 0.6) is 5.75 Å². The molecule has 0 aliphatic heterocycles. The number of aromatic amines is 1. The third-order valence-corrected chi connectivity index (χ3v) is 4.14. The van der Waals surface area contributed by atoms with Gasteiger partial charge in [0.1, 0.15) is 12.4 Å². The monoisotopic (exact) mass is 294 g/mol. The lowest BCUT2D eigenvalue weighted by Gasteiger charge is -2.21. The number of aromatic nitrogens is 1. The standard InChI is InChI=1S/C19H22N2O/c1-19(2,13-20)17-11-21-18-10-15(8-9-16(17)18)22-12-14-6-4-3-5-7-14/h3-11,21H,12-13,20H2,1-2H3. The number of hydrogen-bond donors (Lipinski definition) is 2. The van der Waals surface area contributed by atoms with Gasteiger partial charge < -0.3 is 15.5 Å². The largest absolute Gasteiger partial charge is 0.489 e. The van der Waals surface area contributed by atoms with Gasteiger partial charge in [0.2, 0.25) is 0 Å². The van der Waals surface area contributed by atoms with Crippen molar-refractivity contribution in [3.05, 3.63) is 65.9 Å². The average Bonchev–Trinajstić information content (AvgIpc) is 2.98. The second-order valence-electron chi connectivity index (χ2n) is 6.27. The minimum atomic E-state index is -0.0370. The van der Waals surface area contributed by atoms with Crippen LogP contribution >= 0.6 is 0 Å². The molecule has 0 aliphatic carbocycles. The van der Waals surface area contributed by atoms with E-state index in [2.05, 4.69) is 43.2 Å². The molecule has 114 valence electrons. The molecule has 0 saturated heterocycles. The molecular formula is C19H22N2O. The Morgan fingerprint density at radius 2 is 1.86 bits per heavy atom. The van der Waals surface area contributed by atoms with Gasteiger partial charge >= 0.3 is 0 Å². The van der Waals surface area contributed by atoms with Gasteiger partial charge in [0.15, 0.2) is 0 Å². The maximum Gasteiger partial charge on any atom is 0.121 e. The summed E-state index contributed by atoms with van der Waals surface area (Å²) in [5.41, 5.74) is 9.36. The van der Waals surface area contributed by atoms with Crippen LogP contribution in [0, 0.1) is 0 Å². The molecule has 0 fully saturated rings. The van der Waals surface area contributed by atoms with Crippen LogP contribution < -0.4 is 10.5 Å². The summed E-state index contributed by atoms with van der Waals surface area (Å²) in [5.74, 6) is 0.871. The lowest BCUT2D eigenvalue weighted by molar-refractivity contribution is 0.306. The molecule has 2 aromatic carbocycles. The Morgan fingerprint density at radius 1 is 1.09 bits per heavy atom. The zero-order valence-corrected chi connectivity index (χ0v) is 13.1. The van der Waals surface area contributed by atoms with Gasteiger partial charge in [-0.25, -0.2) is 0 Å². The first-order valence-electron chi connectivity index (χ1n) is 7.58. The first-order valence-corrected chi connectivity index (χ1v) is 7.58. The van der Waals surface area contributed by atoms with Crippen molar-refractivity contribution in [3.8, 4) is 5.75 Å². The van der Waals surface area contributed by atoms with E-state index in [4.69, 9.17) is 10.5 Å². The van der Waals surface area contributed by atoms with Crippen molar-refractivity contribution in [1.82, 2.24) is 4.98 Å². The van der Waals surface area contributed by atoms with Crippen molar-refractivity contribution in [2.45, 2.75) is 25.9 Å². The molecule has 0 saturated carbocycles. The van der Waals surface area contributed by atoms with Gasteiger partial charge in [0.25, 0.3) is 0 Å². The minimum Gasteiger partial charge on any atom is -0.489 e. The molecule has 3 aromatic rings. The van der Waals surface area contributed by atoms with Gasteiger partial charge in [0, 0.05) is 35.1 Å². The van der Waals surface area contributed by atoms with Crippen LogP contribution in [0.4, 0.5) is 0 Å². The van der Waals surface area contributed by atoms with E-state index < -0.39 is 0 Å². The van der Waals surface area contributed by atoms with Crippen LogP contribution in [-0.4, -0.2) is 11.5 Å². The van der Waals surface area contributed by atoms with E-state index in [1.54, 1.807) is 0 Å². The third-order valence-electron chi connectivity index (χ3n) is 4.14. The highest BCUT2D eigenvalue weighted by atomic mass is 16.5. The Kier molecular flexibility index (Phi) is 3.90. The molecule has 0 amide bonds. The van der Waals surface area contributed by atoms with E-state index in [-0.39, 0.29) is 5.41 Å². The molecule has 1 heterocycles. The highest BCUT2D eigenvalue weighted by molar-refractivity contribution is 5.85. The fraction of sp³-hybridized carbons (Fsp3) is 0.263. The summed E-state index contributed by atoms with van der Waals surface area (Å²) < 4.78 is 5.88. The van der Waals surface area contributed by atoms with Gasteiger partial charge in [-0.05, 0) is 23.3 Å². The van der Waals surface area contributed by atoms with Crippen molar-refractivity contribution in [2.24, 2.45) is 5.73 Å². The molecule has 3 nitrogen and oxygen atoms in total. The number of nitrogens with one attached hydrogen (secondary N) is 1. The molecule has 0 aliphatic rings. The van der Waals surface area contributed by atoms with Crippen LogP contribution in [0.15, 0.2) is 54.7 Å². The summed E-state index contributed by atoms with van der Waals surface area (Å²) in [6.45, 7) is 5.52. The summed E-state index contributed by atoms with van der Waals surface area (Å²) in [7, 11) is 0. The summed E-state index contributed by atoms with van der Waals surface area (Å²) in [6, 6.07) is 16.4. The second kappa shape index (κ2) is 5.85. The maximum absolute atomic E-state index is 5.89. The quantitative estimate of drug-likeness (QED) is 0.747. The zero-order valence-electron chi connectivity index (χ0n) is 13.1. The summed E-state index contributed by atoms with van der Waals surface area (Å²) >= 11 is 0. The van der Waals surface area contributed by atoms with E-state index in [9.17, 15) is 0 Å². The fourth-order valence-electron chi connectivity index (χ4n) is 2.61. The van der Waals surface area contributed by atoms with Crippen molar-refractivity contribution >= 4 is 10.9 Å².